The van der Waals surface area contributed by atoms with E-state index in [2.05, 4.69) is 5.32 Å². The van der Waals surface area contributed by atoms with Crippen LogP contribution in [0.1, 0.15) is 44.7 Å². The molecule has 0 saturated carbocycles. The fraction of sp³-hybridized carbons (Fsp3) is 0.375. The number of nitrogens with one attached hydrogen (secondary N) is 1. The third-order valence-electron chi connectivity index (χ3n) is 7.25. The Kier molecular flexibility index (Phi) is 10.1. The number of benzene rings is 3. The zero-order valence-electron chi connectivity index (χ0n) is 24.6. The van der Waals surface area contributed by atoms with Crippen LogP contribution in [0.15, 0.2) is 77.7 Å². The molecule has 0 aliphatic carbocycles. The van der Waals surface area contributed by atoms with Crippen molar-refractivity contribution in [1.82, 2.24) is 10.2 Å². The number of hydrogen-bond acceptors (Lipinski definition) is 6. The molecule has 0 spiro atoms. The van der Waals surface area contributed by atoms with Crippen molar-refractivity contribution in [2.45, 2.75) is 64.1 Å². The highest BCUT2D eigenvalue weighted by atomic mass is 32.2. The number of anilines is 1. The number of nitrogens with zero attached hydrogens (tertiary/aromatic N) is 2. The molecule has 0 aromatic heterocycles. The highest BCUT2D eigenvalue weighted by Gasteiger charge is 2.34. The van der Waals surface area contributed by atoms with Crippen LogP contribution in [-0.4, -0.2) is 57.0 Å². The zero-order valence-corrected chi connectivity index (χ0v) is 25.4. The van der Waals surface area contributed by atoms with Crippen molar-refractivity contribution in [3.63, 3.8) is 0 Å². The molecule has 2 amide bonds. The first kappa shape index (κ1) is 30.9. The largest absolute Gasteiger partial charge is 0.486 e. The van der Waals surface area contributed by atoms with Crippen molar-refractivity contribution in [3.8, 4) is 11.5 Å². The van der Waals surface area contributed by atoms with E-state index < -0.39 is 28.5 Å². The minimum Gasteiger partial charge on any atom is -0.486 e. The Hall–Kier alpha value is -4.05. The second-order valence-electron chi connectivity index (χ2n) is 10.4. The van der Waals surface area contributed by atoms with Crippen molar-refractivity contribution in [2.24, 2.45) is 0 Å². The first-order valence-electron chi connectivity index (χ1n) is 14.3. The Bertz CT molecular complexity index is 1500. The first-order chi connectivity index (χ1) is 20.1. The van der Waals surface area contributed by atoms with Gasteiger partial charge in [0.1, 0.15) is 25.8 Å². The molecule has 1 heterocycles. The third-order valence-corrected chi connectivity index (χ3v) is 9.03. The molecule has 42 heavy (non-hydrogen) atoms. The molecule has 3 aromatic carbocycles. The van der Waals surface area contributed by atoms with Gasteiger partial charge in [0, 0.05) is 18.7 Å². The number of carbonyl (C=O) groups excluding carboxylic acids is 2. The van der Waals surface area contributed by atoms with Crippen LogP contribution in [0.3, 0.4) is 0 Å². The van der Waals surface area contributed by atoms with E-state index in [1.54, 1.807) is 36.4 Å². The second kappa shape index (κ2) is 13.7. The molecular formula is C32H39N3O6S. The number of carbonyl (C=O) groups is 2. The Morgan fingerprint density at radius 3 is 2.29 bits per heavy atom. The first-order valence-corrected chi connectivity index (χ1v) is 15.7. The molecule has 1 N–H and O–H groups in total. The van der Waals surface area contributed by atoms with Crippen LogP contribution < -0.4 is 19.1 Å². The number of amides is 2. The van der Waals surface area contributed by atoms with Crippen molar-refractivity contribution in [1.29, 1.82) is 0 Å². The molecule has 0 saturated heterocycles. The van der Waals surface area contributed by atoms with Gasteiger partial charge in [0.2, 0.25) is 11.8 Å². The lowest BCUT2D eigenvalue weighted by Gasteiger charge is -2.34. The molecular weight excluding hydrogens is 554 g/mol. The maximum Gasteiger partial charge on any atom is 0.264 e. The highest BCUT2D eigenvalue weighted by molar-refractivity contribution is 7.92. The van der Waals surface area contributed by atoms with Crippen molar-refractivity contribution in [2.75, 3.05) is 24.1 Å². The fourth-order valence-electron chi connectivity index (χ4n) is 4.80. The summed E-state index contributed by atoms with van der Waals surface area (Å²) < 4.78 is 40.5. The van der Waals surface area contributed by atoms with Gasteiger partial charge in [0.05, 0.1) is 10.6 Å². The number of fused-ring (bicyclic) bond motifs is 1. The Morgan fingerprint density at radius 2 is 1.62 bits per heavy atom. The number of aryl methyl sites for hydroxylation is 1. The maximum absolute atomic E-state index is 14.2. The van der Waals surface area contributed by atoms with E-state index in [0.717, 1.165) is 21.9 Å². The number of sulfonamides is 1. The van der Waals surface area contributed by atoms with Crippen LogP contribution in [-0.2, 0) is 26.2 Å². The third kappa shape index (κ3) is 7.23. The summed E-state index contributed by atoms with van der Waals surface area (Å²) in [6.45, 7) is 8.03. The van der Waals surface area contributed by atoms with Crippen molar-refractivity contribution in [3.05, 3.63) is 83.9 Å². The average molecular weight is 594 g/mol. The summed E-state index contributed by atoms with van der Waals surface area (Å²) in [5, 5.41) is 2.99. The van der Waals surface area contributed by atoms with E-state index in [-0.39, 0.29) is 29.1 Å². The van der Waals surface area contributed by atoms with E-state index >= 15 is 0 Å². The normalized spacial score (nSPS) is 14.0. The summed E-state index contributed by atoms with van der Waals surface area (Å²) in [5.74, 6) is 0.124. The Labute approximate surface area is 248 Å². The van der Waals surface area contributed by atoms with Gasteiger partial charge in [0.15, 0.2) is 11.5 Å². The van der Waals surface area contributed by atoms with E-state index in [0.29, 0.717) is 31.1 Å². The summed E-state index contributed by atoms with van der Waals surface area (Å²) in [7, 11) is -4.18. The van der Waals surface area contributed by atoms with Crippen molar-refractivity contribution >= 4 is 27.5 Å². The molecule has 1 aliphatic rings. The molecule has 10 heteroatoms. The van der Waals surface area contributed by atoms with Gasteiger partial charge in [-0.25, -0.2) is 8.42 Å². The summed E-state index contributed by atoms with van der Waals surface area (Å²) in [5.41, 5.74) is 2.11. The summed E-state index contributed by atoms with van der Waals surface area (Å²) >= 11 is 0. The molecule has 0 fully saturated rings. The van der Waals surface area contributed by atoms with Gasteiger partial charge in [-0.1, -0.05) is 61.9 Å². The van der Waals surface area contributed by atoms with Gasteiger partial charge in [-0.3, -0.25) is 13.9 Å². The van der Waals surface area contributed by atoms with Crippen LogP contribution in [0.5, 0.6) is 11.5 Å². The minimum absolute atomic E-state index is 0.0412. The van der Waals surface area contributed by atoms with Crippen LogP contribution in [0.4, 0.5) is 5.69 Å². The molecule has 3 aromatic rings. The Balaban J connectivity index is 1.75. The molecule has 2 atom stereocenters. The van der Waals surface area contributed by atoms with Gasteiger partial charge < -0.3 is 19.7 Å². The van der Waals surface area contributed by atoms with Gasteiger partial charge in [0.25, 0.3) is 10.0 Å². The summed E-state index contributed by atoms with van der Waals surface area (Å²) in [4.78, 5) is 29.2. The van der Waals surface area contributed by atoms with E-state index in [1.807, 2.05) is 52.0 Å². The second-order valence-corrected chi connectivity index (χ2v) is 12.3. The zero-order chi connectivity index (χ0) is 30.3. The smallest absolute Gasteiger partial charge is 0.264 e. The SMILES string of the molecule is CCC(C)NC(=O)C(CC)N(Cc1cccc(C)c1)C(=O)CN(c1ccc2c(c1)OCCO2)S(=O)(=O)c1ccccc1. The van der Waals surface area contributed by atoms with Crippen LogP contribution in [0, 0.1) is 6.92 Å². The molecule has 9 nitrogen and oxygen atoms in total. The van der Waals surface area contributed by atoms with Crippen LogP contribution in [0.2, 0.25) is 0 Å². The highest BCUT2D eigenvalue weighted by Crippen LogP contribution is 2.36. The van der Waals surface area contributed by atoms with Crippen molar-refractivity contribution < 1.29 is 27.5 Å². The Morgan fingerprint density at radius 1 is 0.905 bits per heavy atom. The molecule has 0 bridgehead atoms. The van der Waals surface area contributed by atoms with Gasteiger partial charge >= 0.3 is 0 Å². The molecule has 224 valence electrons. The van der Waals surface area contributed by atoms with Crippen LogP contribution >= 0.6 is 0 Å². The lowest BCUT2D eigenvalue weighted by molar-refractivity contribution is -0.140. The van der Waals surface area contributed by atoms with E-state index in [4.69, 9.17) is 9.47 Å². The summed E-state index contributed by atoms with van der Waals surface area (Å²) in [6.07, 6.45) is 1.09. The fourth-order valence-corrected chi connectivity index (χ4v) is 6.23. The van der Waals surface area contributed by atoms with Gasteiger partial charge in [-0.05, 0) is 56.5 Å². The van der Waals surface area contributed by atoms with E-state index in [9.17, 15) is 18.0 Å². The number of hydrogen-bond donors (Lipinski definition) is 1. The molecule has 0 radical (unpaired) electrons. The summed E-state index contributed by atoms with van der Waals surface area (Å²) in [6, 6.07) is 19.6. The molecule has 4 rings (SSSR count). The topological polar surface area (TPSA) is 105 Å². The number of rotatable bonds is 12. The quantitative estimate of drug-likeness (QED) is 0.327. The monoisotopic (exact) mass is 593 g/mol. The lowest BCUT2D eigenvalue weighted by atomic mass is 10.1. The molecule has 2 unspecified atom stereocenters. The molecule has 1 aliphatic heterocycles. The predicted molar refractivity (Wildman–Crippen MR) is 162 cm³/mol. The van der Waals surface area contributed by atoms with Gasteiger partial charge in [-0.2, -0.15) is 0 Å². The predicted octanol–water partition coefficient (Wildman–Crippen LogP) is 4.68. The lowest BCUT2D eigenvalue weighted by Crippen LogP contribution is -2.53. The van der Waals surface area contributed by atoms with Gasteiger partial charge in [-0.15, -0.1) is 0 Å². The van der Waals surface area contributed by atoms with E-state index in [1.165, 1.54) is 17.0 Å². The standard InChI is InChI=1S/C32H39N3O6S/c1-5-24(4)33-32(37)28(6-2)34(21-25-12-10-11-23(3)19-25)31(36)22-35(42(38,39)27-13-8-7-9-14-27)26-15-16-29-30(20-26)41-18-17-40-29/h7-16,19-20,24,28H,5-6,17-18,21-22H2,1-4H3,(H,33,37). The maximum atomic E-state index is 14.2. The number of ether oxygens (including phenoxy) is 2. The van der Waals surface area contributed by atoms with Crippen LogP contribution in [0.25, 0.3) is 0 Å². The average Bonchev–Trinajstić information content (AvgIpc) is 2.99. The minimum atomic E-state index is -4.18.